The van der Waals surface area contributed by atoms with Gasteiger partial charge in [0, 0.05) is 19.0 Å². The molecule has 1 aromatic carbocycles. The summed E-state index contributed by atoms with van der Waals surface area (Å²) in [6, 6.07) is 3.29. The Labute approximate surface area is 165 Å². The fourth-order valence-electron chi connectivity index (χ4n) is 3.67. The summed E-state index contributed by atoms with van der Waals surface area (Å²) in [5.74, 6) is -1.08. The lowest BCUT2D eigenvalue weighted by Crippen LogP contribution is -2.41. The Kier molecular flexibility index (Phi) is 5.36. The van der Waals surface area contributed by atoms with Crippen LogP contribution in [0.15, 0.2) is 23.1 Å². The van der Waals surface area contributed by atoms with Gasteiger partial charge in [-0.15, -0.1) is 0 Å². The number of carbonyl (C=O) groups is 1. The van der Waals surface area contributed by atoms with E-state index in [1.807, 2.05) is 0 Å². The first-order valence-electron chi connectivity index (χ1n) is 8.78. The number of anilines is 1. The molecule has 2 saturated heterocycles. The van der Waals surface area contributed by atoms with Crippen LogP contribution >= 0.6 is 0 Å². The summed E-state index contributed by atoms with van der Waals surface area (Å²) in [7, 11) is -11.0. The van der Waals surface area contributed by atoms with Crippen molar-refractivity contribution >= 4 is 41.5 Å². The summed E-state index contributed by atoms with van der Waals surface area (Å²) < 4.78 is 75.8. The van der Waals surface area contributed by atoms with Gasteiger partial charge in [0.1, 0.15) is 0 Å². The highest BCUT2D eigenvalue weighted by Gasteiger charge is 2.39. The van der Waals surface area contributed by atoms with Crippen molar-refractivity contribution in [3.63, 3.8) is 0 Å². The van der Waals surface area contributed by atoms with Crippen molar-refractivity contribution in [1.29, 1.82) is 0 Å². The van der Waals surface area contributed by atoms with Crippen LogP contribution in [-0.2, 0) is 34.7 Å². The van der Waals surface area contributed by atoms with Crippen LogP contribution in [0.3, 0.4) is 0 Å². The molecule has 1 aromatic rings. The van der Waals surface area contributed by atoms with Crippen molar-refractivity contribution in [2.45, 2.75) is 37.6 Å². The van der Waals surface area contributed by atoms with Gasteiger partial charge in [-0.05, 0) is 37.1 Å². The van der Waals surface area contributed by atoms with Crippen LogP contribution in [0.1, 0.15) is 25.3 Å². The molecule has 1 atom stereocenters. The molecule has 0 aromatic heterocycles. The van der Waals surface area contributed by atoms with E-state index in [0.717, 1.165) is 0 Å². The molecule has 2 fully saturated rings. The summed E-state index contributed by atoms with van der Waals surface area (Å²) in [5.41, 5.74) is 0.386. The van der Waals surface area contributed by atoms with E-state index in [2.05, 4.69) is 0 Å². The van der Waals surface area contributed by atoms with Gasteiger partial charge in [0.15, 0.2) is 9.84 Å². The Balaban J connectivity index is 1.98. The second-order valence-corrected chi connectivity index (χ2v) is 13.0. The third-order valence-electron chi connectivity index (χ3n) is 4.99. The average Bonchev–Trinajstić information content (AvgIpc) is 3.05. The third-order valence-corrected chi connectivity index (χ3v) is 10.6. The Morgan fingerprint density at radius 1 is 1.18 bits per heavy atom. The molecule has 12 heteroatoms. The quantitative estimate of drug-likeness (QED) is 0.630. The molecule has 0 saturated carbocycles. The Morgan fingerprint density at radius 2 is 1.86 bits per heavy atom. The van der Waals surface area contributed by atoms with E-state index in [0.29, 0.717) is 4.31 Å². The van der Waals surface area contributed by atoms with Crippen molar-refractivity contribution in [3.05, 3.63) is 23.8 Å². The fraction of sp³-hybridized carbons (Fsp3) is 0.562. The van der Waals surface area contributed by atoms with Crippen LogP contribution in [0.5, 0.6) is 0 Å². The SMILES string of the molecule is CCN(C1CCS(=O)(=O)C1)S(=O)(=O)c1ccc(N2C(=O)CCS2(=O)=O)cc1C. The summed E-state index contributed by atoms with van der Waals surface area (Å²) in [4.78, 5) is 11.9. The van der Waals surface area contributed by atoms with E-state index < -0.39 is 41.8 Å². The average molecular weight is 451 g/mol. The minimum Gasteiger partial charge on any atom is -0.273 e. The number of rotatable bonds is 5. The molecule has 9 nitrogen and oxygen atoms in total. The molecule has 1 amide bonds. The number of sulfone groups is 1. The fourth-order valence-corrected chi connectivity index (χ4v) is 8.82. The second-order valence-electron chi connectivity index (χ2n) is 6.94. The van der Waals surface area contributed by atoms with Gasteiger partial charge < -0.3 is 0 Å². The lowest BCUT2D eigenvalue weighted by atomic mass is 10.2. The molecular weight excluding hydrogens is 428 g/mol. The normalized spacial score (nSPS) is 24.2. The zero-order chi connectivity index (χ0) is 20.9. The van der Waals surface area contributed by atoms with Crippen LogP contribution < -0.4 is 4.31 Å². The molecule has 156 valence electrons. The van der Waals surface area contributed by atoms with Crippen LogP contribution in [0, 0.1) is 6.92 Å². The lowest BCUT2D eigenvalue weighted by molar-refractivity contribution is -0.116. The predicted octanol–water partition coefficient (Wildman–Crippen LogP) is 0.259. The molecule has 2 aliphatic rings. The second kappa shape index (κ2) is 7.08. The van der Waals surface area contributed by atoms with E-state index in [-0.39, 0.29) is 52.8 Å². The smallest absolute Gasteiger partial charge is 0.243 e. The minimum atomic E-state index is -3.98. The van der Waals surface area contributed by atoms with Crippen molar-refractivity contribution in [2.24, 2.45) is 0 Å². The molecule has 3 rings (SSSR count). The maximum Gasteiger partial charge on any atom is 0.243 e. The Hall–Kier alpha value is -1.50. The number of aryl methyl sites for hydroxylation is 1. The zero-order valence-corrected chi connectivity index (χ0v) is 18.0. The number of amides is 1. The van der Waals surface area contributed by atoms with Gasteiger partial charge in [0.2, 0.25) is 26.0 Å². The molecule has 2 aliphatic heterocycles. The monoisotopic (exact) mass is 450 g/mol. The molecule has 0 spiro atoms. The van der Waals surface area contributed by atoms with Gasteiger partial charge in [-0.3, -0.25) is 4.79 Å². The number of hydrogen-bond donors (Lipinski definition) is 0. The summed E-state index contributed by atoms with van der Waals surface area (Å²) >= 11 is 0. The number of benzene rings is 1. The molecule has 0 N–H and O–H groups in total. The van der Waals surface area contributed by atoms with Gasteiger partial charge >= 0.3 is 0 Å². The first-order chi connectivity index (χ1) is 12.9. The molecule has 0 bridgehead atoms. The van der Waals surface area contributed by atoms with Gasteiger partial charge in [0.05, 0.1) is 27.8 Å². The maximum atomic E-state index is 13.1. The van der Waals surface area contributed by atoms with E-state index in [9.17, 15) is 30.0 Å². The van der Waals surface area contributed by atoms with E-state index >= 15 is 0 Å². The van der Waals surface area contributed by atoms with Crippen LogP contribution in [0.25, 0.3) is 0 Å². The topological polar surface area (TPSA) is 126 Å². The van der Waals surface area contributed by atoms with Gasteiger partial charge in [-0.1, -0.05) is 6.92 Å². The van der Waals surface area contributed by atoms with Gasteiger partial charge in [0.25, 0.3) is 0 Å². The number of sulfonamides is 2. The van der Waals surface area contributed by atoms with Gasteiger partial charge in [-0.2, -0.15) is 4.31 Å². The van der Waals surface area contributed by atoms with Crippen molar-refractivity contribution in [2.75, 3.05) is 28.1 Å². The standard InChI is InChI=1S/C16H22N2O7S3/c1-3-17(14-6-8-26(20,21)11-14)28(24,25)15-5-4-13(10-12(15)2)18-16(19)7-9-27(18,22)23/h4-5,10,14H,3,6-9,11H2,1-2H3. The summed E-state index contributed by atoms with van der Waals surface area (Å²) in [5, 5.41) is 0. The van der Waals surface area contributed by atoms with Crippen molar-refractivity contribution in [1.82, 2.24) is 4.31 Å². The number of hydrogen-bond acceptors (Lipinski definition) is 7. The Morgan fingerprint density at radius 3 is 2.32 bits per heavy atom. The van der Waals surface area contributed by atoms with Crippen LogP contribution in [0.2, 0.25) is 0 Å². The molecule has 2 heterocycles. The molecule has 0 aliphatic carbocycles. The van der Waals surface area contributed by atoms with Crippen LogP contribution in [0.4, 0.5) is 5.69 Å². The lowest BCUT2D eigenvalue weighted by Gasteiger charge is -2.27. The van der Waals surface area contributed by atoms with Crippen molar-refractivity contribution < 1.29 is 30.0 Å². The summed E-state index contributed by atoms with van der Waals surface area (Å²) in [6.45, 7) is 3.27. The highest BCUT2D eigenvalue weighted by molar-refractivity contribution is 7.94. The van der Waals surface area contributed by atoms with E-state index in [4.69, 9.17) is 0 Å². The van der Waals surface area contributed by atoms with Gasteiger partial charge in [-0.25, -0.2) is 29.6 Å². The first kappa shape index (κ1) is 21.2. The van der Waals surface area contributed by atoms with E-state index in [1.54, 1.807) is 6.92 Å². The number of carbonyl (C=O) groups excluding carboxylic acids is 1. The zero-order valence-electron chi connectivity index (χ0n) is 15.5. The highest BCUT2D eigenvalue weighted by Crippen LogP contribution is 2.31. The third kappa shape index (κ3) is 3.70. The Bertz CT molecular complexity index is 1120. The number of nitrogens with zero attached hydrogens (tertiary/aromatic N) is 2. The molecule has 0 radical (unpaired) electrons. The first-order valence-corrected chi connectivity index (χ1v) is 13.6. The highest BCUT2D eigenvalue weighted by atomic mass is 32.2. The molecular formula is C16H22N2O7S3. The largest absolute Gasteiger partial charge is 0.273 e. The molecule has 28 heavy (non-hydrogen) atoms. The molecule has 1 unspecified atom stereocenters. The summed E-state index contributed by atoms with van der Waals surface area (Å²) in [6.07, 6.45) is 0.133. The van der Waals surface area contributed by atoms with E-state index in [1.165, 1.54) is 29.4 Å². The van der Waals surface area contributed by atoms with Crippen molar-refractivity contribution in [3.8, 4) is 0 Å². The minimum absolute atomic E-state index is 0.0357. The van der Waals surface area contributed by atoms with Crippen LogP contribution in [-0.4, -0.2) is 65.3 Å². The maximum absolute atomic E-state index is 13.1. The predicted molar refractivity (Wildman–Crippen MR) is 104 cm³/mol.